The van der Waals surface area contributed by atoms with E-state index in [0.717, 1.165) is 58.3 Å². The first-order valence-electron chi connectivity index (χ1n) is 9.42. The van der Waals surface area contributed by atoms with E-state index >= 15 is 0 Å². The van der Waals surface area contributed by atoms with Gasteiger partial charge in [0.15, 0.2) is 5.96 Å². The molecule has 1 saturated heterocycles. The lowest BCUT2D eigenvalue weighted by Crippen LogP contribution is -2.52. The lowest BCUT2D eigenvalue weighted by molar-refractivity contribution is -0.00683. The molecule has 0 aliphatic carbocycles. The van der Waals surface area contributed by atoms with Crippen LogP contribution in [0, 0.1) is 6.92 Å². The third kappa shape index (κ3) is 7.80. The van der Waals surface area contributed by atoms with Crippen molar-refractivity contribution in [3.63, 3.8) is 0 Å². The van der Waals surface area contributed by atoms with Gasteiger partial charge in [-0.15, -0.1) is 24.0 Å². The largest absolute Gasteiger partial charge is 0.379 e. The number of aliphatic imine (C=N–C) groups is 1. The van der Waals surface area contributed by atoms with Gasteiger partial charge in [0.05, 0.1) is 19.8 Å². The number of nitrogens with one attached hydrogen (secondary N) is 2. The van der Waals surface area contributed by atoms with Crippen LogP contribution in [0.5, 0.6) is 0 Å². The van der Waals surface area contributed by atoms with Crippen molar-refractivity contribution in [2.75, 3.05) is 45.9 Å². The van der Waals surface area contributed by atoms with Gasteiger partial charge in [0.1, 0.15) is 0 Å². The molecule has 0 atom stereocenters. The lowest BCUT2D eigenvalue weighted by Gasteiger charge is -2.39. The second-order valence-corrected chi connectivity index (χ2v) is 7.27. The summed E-state index contributed by atoms with van der Waals surface area (Å²) in [6.45, 7) is 14.9. The number of guanidine groups is 1. The molecule has 148 valence electrons. The van der Waals surface area contributed by atoms with E-state index in [0.29, 0.717) is 0 Å². The Hall–Kier alpha value is -0.860. The number of rotatable bonds is 7. The first kappa shape index (κ1) is 23.2. The fraction of sp³-hybridized carbons (Fsp3) is 0.650. The number of nitrogens with zero attached hydrogens (tertiary/aromatic N) is 2. The molecule has 2 rings (SSSR count). The second-order valence-electron chi connectivity index (χ2n) is 7.27. The van der Waals surface area contributed by atoms with Crippen LogP contribution in [0.4, 0.5) is 0 Å². The SMILES string of the molecule is CCNC(=NCC(C)(C)N1CCOCC1)NCCc1cccc(C)c1.I. The van der Waals surface area contributed by atoms with Crippen molar-refractivity contribution in [3.8, 4) is 0 Å². The molecule has 0 radical (unpaired) electrons. The van der Waals surface area contributed by atoms with Gasteiger partial charge in [-0.25, -0.2) is 0 Å². The van der Waals surface area contributed by atoms with Gasteiger partial charge in [0, 0.05) is 31.7 Å². The quantitative estimate of drug-likeness (QED) is 0.363. The zero-order chi connectivity index (χ0) is 18.1. The normalized spacial score (nSPS) is 16.1. The molecule has 1 aliphatic heterocycles. The summed E-state index contributed by atoms with van der Waals surface area (Å²) in [6, 6.07) is 8.68. The molecule has 0 unspecified atom stereocenters. The summed E-state index contributed by atoms with van der Waals surface area (Å²) in [7, 11) is 0. The molecule has 0 bridgehead atoms. The number of morpholine rings is 1. The van der Waals surface area contributed by atoms with E-state index in [4.69, 9.17) is 9.73 Å². The van der Waals surface area contributed by atoms with Gasteiger partial charge in [0.25, 0.3) is 0 Å². The van der Waals surface area contributed by atoms with Crippen molar-refractivity contribution in [1.82, 2.24) is 15.5 Å². The molecule has 1 aromatic rings. The lowest BCUT2D eigenvalue weighted by atomic mass is 10.0. The molecular formula is C20H35IN4O. The van der Waals surface area contributed by atoms with E-state index in [1.165, 1.54) is 11.1 Å². The zero-order valence-electron chi connectivity index (χ0n) is 16.7. The molecule has 1 aromatic carbocycles. The van der Waals surface area contributed by atoms with Gasteiger partial charge in [-0.2, -0.15) is 0 Å². The van der Waals surface area contributed by atoms with Gasteiger partial charge < -0.3 is 15.4 Å². The molecular weight excluding hydrogens is 439 g/mol. The van der Waals surface area contributed by atoms with Crippen molar-refractivity contribution in [1.29, 1.82) is 0 Å². The van der Waals surface area contributed by atoms with Crippen LogP contribution in [0.1, 0.15) is 31.9 Å². The molecule has 0 spiro atoms. The van der Waals surface area contributed by atoms with Crippen LogP contribution in [-0.2, 0) is 11.2 Å². The molecule has 6 heteroatoms. The van der Waals surface area contributed by atoms with Crippen molar-refractivity contribution >= 4 is 29.9 Å². The summed E-state index contributed by atoms with van der Waals surface area (Å²) >= 11 is 0. The smallest absolute Gasteiger partial charge is 0.191 e. The van der Waals surface area contributed by atoms with E-state index in [-0.39, 0.29) is 29.5 Å². The standard InChI is InChI=1S/C20H34N4O.HI/c1-5-21-19(22-10-9-18-8-6-7-17(2)15-18)23-16-20(3,4)24-11-13-25-14-12-24;/h6-8,15H,5,9-14,16H2,1-4H3,(H2,21,22,23);1H. The monoisotopic (exact) mass is 474 g/mol. The Labute approximate surface area is 176 Å². The highest BCUT2D eigenvalue weighted by atomic mass is 127. The van der Waals surface area contributed by atoms with E-state index in [2.05, 4.69) is 67.5 Å². The van der Waals surface area contributed by atoms with Gasteiger partial charge in [-0.3, -0.25) is 9.89 Å². The average Bonchev–Trinajstić information content (AvgIpc) is 2.60. The third-order valence-electron chi connectivity index (χ3n) is 4.62. The summed E-state index contributed by atoms with van der Waals surface area (Å²) in [6.07, 6.45) is 0.999. The van der Waals surface area contributed by atoms with Gasteiger partial charge in [0.2, 0.25) is 0 Å². The van der Waals surface area contributed by atoms with Crippen LogP contribution in [-0.4, -0.2) is 62.3 Å². The average molecular weight is 474 g/mol. The Kier molecular flexibility index (Phi) is 10.5. The van der Waals surface area contributed by atoms with Crippen molar-refractivity contribution in [2.24, 2.45) is 4.99 Å². The Morgan fingerprint density at radius 3 is 2.62 bits per heavy atom. The number of hydrogen-bond donors (Lipinski definition) is 2. The molecule has 0 saturated carbocycles. The maximum Gasteiger partial charge on any atom is 0.191 e. The van der Waals surface area contributed by atoms with Crippen LogP contribution < -0.4 is 10.6 Å². The maximum atomic E-state index is 5.46. The predicted molar refractivity (Wildman–Crippen MR) is 121 cm³/mol. The summed E-state index contributed by atoms with van der Waals surface area (Å²) in [5, 5.41) is 6.81. The van der Waals surface area contributed by atoms with Crippen LogP contribution in [0.25, 0.3) is 0 Å². The minimum absolute atomic E-state index is 0. The number of halogens is 1. The number of hydrogen-bond acceptors (Lipinski definition) is 3. The highest BCUT2D eigenvalue weighted by Crippen LogP contribution is 2.16. The predicted octanol–water partition coefficient (Wildman–Crippen LogP) is 2.82. The summed E-state index contributed by atoms with van der Waals surface area (Å²) in [5.74, 6) is 0.900. The van der Waals surface area contributed by atoms with E-state index < -0.39 is 0 Å². The molecule has 1 fully saturated rings. The Bertz CT molecular complexity index is 556. The Morgan fingerprint density at radius 2 is 1.96 bits per heavy atom. The van der Waals surface area contributed by atoms with Gasteiger partial charge in [-0.1, -0.05) is 29.8 Å². The highest BCUT2D eigenvalue weighted by molar-refractivity contribution is 14.0. The van der Waals surface area contributed by atoms with Crippen molar-refractivity contribution < 1.29 is 4.74 Å². The van der Waals surface area contributed by atoms with E-state index in [9.17, 15) is 0 Å². The molecule has 26 heavy (non-hydrogen) atoms. The molecule has 1 aliphatic rings. The van der Waals surface area contributed by atoms with Crippen LogP contribution >= 0.6 is 24.0 Å². The van der Waals surface area contributed by atoms with Gasteiger partial charge in [-0.05, 0) is 39.7 Å². The second kappa shape index (κ2) is 11.8. The number of ether oxygens (including phenoxy) is 1. The zero-order valence-corrected chi connectivity index (χ0v) is 19.0. The first-order valence-corrected chi connectivity index (χ1v) is 9.42. The highest BCUT2D eigenvalue weighted by Gasteiger charge is 2.28. The van der Waals surface area contributed by atoms with Crippen LogP contribution in [0.15, 0.2) is 29.3 Å². The van der Waals surface area contributed by atoms with E-state index in [1.807, 2.05) is 0 Å². The first-order chi connectivity index (χ1) is 12.0. The maximum absolute atomic E-state index is 5.46. The molecule has 2 N–H and O–H groups in total. The summed E-state index contributed by atoms with van der Waals surface area (Å²) in [5.41, 5.74) is 2.71. The Balaban J connectivity index is 0.00000338. The number of aryl methyl sites for hydroxylation is 1. The molecule has 0 amide bonds. The van der Waals surface area contributed by atoms with Crippen molar-refractivity contribution in [3.05, 3.63) is 35.4 Å². The number of benzene rings is 1. The topological polar surface area (TPSA) is 48.9 Å². The van der Waals surface area contributed by atoms with E-state index in [1.54, 1.807) is 0 Å². The fourth-order valence-corrected chi connectivity index (χ4v) is 3.08. The van der Waals surface area contributed by atoms with Crippen LogP contribution in [0.3, 0.4) is 0 Å². The minimum atomic E-state index is 0. The van der Waals surface area contributed by atoms with Crippen molar-refractivity contribution in [2.45, 2.75) is 39.7 Å². The van der Waals surface area contributed by atoms with Crippen LogP contribution in [0.2, 0.25) is 0 Å². The minimum Gasteiger partial charge on any atom is -0.379 e. The summed E-state index contributed by atoms with van der Waals surface area (Å²) in [4.78, 5) is 7.29. The molecule has 1 heterocycles. The summed E-state index contributed by atoms with van der Waals surface area (Å²) < 4.78 is 5.46. The molecule has 5 nitrogen and oxygen atoms in total. The Morgan fingerprint density at radius 1 is 1.23 bits per heavy atom. The van der Waals surface area contributed by atoms with Gasteiger partial charge >= 0.3 is 0 Å². The third-order valence-corrected chi connectivity index (χ3v) is 4.62. The molecule has 0 aromatic heterocycles. The fourth-order valence-electron chi connectivity index (χ4n) is 3.08.